The summed E-state index contributed by atoms with van der Waals surface area (Å²) in [6, 6.07) is 11.0. The predicted molar refractivity (Wildman–Crippen MR) is 91.1 cm³/mol. The Labute approximate surface area is 132 Å². The Morgan fingerprint density at radius 3 is 2.76 bits per heavy atom. The van der Waals surface area contributed by atoms with E-state index in [-0.39, 0.29) is 0 Å². The average molecular weight is 303 g/mol. The standard InChI is InChI=1S/C18H23ClN2/c1-13-7-3-6-10-17(13)21(2)18-11-14(12-19)15-8-4-5-9-16(15)20-18/h4-5,8-9,11,13,17H,3,6-7,10,12H2,1-2H3. The van der Waals surface area contributed by atoms with Gasteiger partial charge in [0.15, 0.2) is 0 Å². The molecule has 112 valence electrons. The molecule has 1 aliphatic rings. The molecule has 0 saturated heterocycles. The highest BCUT2D eigenvalue weighted by Gasteiger charge is 2.26. The summed E-state index contributed by atoms with van der Waals surface area (Å²) in [5, 5.41) is 1.17. The molecule has 1 saturated carbocycles. The van der Waals surface area contributed by atoms with Gasteiger partial charge in [0, 0.05) is 24.4 Å². The number of halogens is 1. The van der Waals surface area contributed by atoms with Gasteiger partial charge in [-0.3, -0.25) is 0 Å². The third-order valence-electron chi connectivity index (χ3n) is 4.86. The molecule has 0 aliphatic heterocycles. The van der Waals surface area contributed by atoms with Crippen LogP contribution in [0.5, 0.6) is 0 Å². The van der Waals surface area contributed by atoms with Crippen molar-refractivity contribution < 1.29 is 0 Å². The molecule has 2 unspecified atom stereocenters. The summed E-state index contributed by atoms with van der Waals surface area (Å²) in [5.41, 5.74) is 2.22. The SMILES string of the molecule is CC1CCCCC1N(C)c1cc(CCl)c2ccccc2n1. The molecular weight excluding hydrogens is 280 g/mol. The van der Waals surface area contributed by atoms with Crippen LogP contribution >= 0.6 is 11.6 Å². The smallest absolute Gasteiger partial charge is 0.129 e. The first kappa shape index (κ1) is 14.6. The van der Waals surface area contributed by atoms with Gasteiger partial charge in [0.05, 0.1) is 5.52 Å². The van der Waals surface area contributed by atoms with Crippen molar-refractivity contribution in [1.82, 2.24) is 4.98 Å². The van der Waals surface area contributed by atoms with E-state index in [0.717, 1.165) is 17.3 Å². The third kappa shape index (κ3) is 2.87. The minimum absolute atomic E-state index is 0.532. The summed E-state index contributed by atoms with van der Waals surface area (Å²) in [5.74, 6) is 2.32. The highest BCUT2D eigenvalue weighted by molar-refractivity contribution is 6.18. The van der Waals surface area contributed by atoms with Crippen LogP contribution in [-0.2, 0) is 5.88 Å². The molecule has 3 heteroatoms. The van der Waals surface area contributed by atoms with Crippen molar-refractivity contribution in [2.45, 2.75) is 44.5 Å². The van der Waals surface area contributed by atoms with E-state index in [9.17, 15) is 0 Å². The minimum atomic E-state index is 0.532. The molecule has 0 spiro atoms. The molecule has 21 heavy (non-hydrogen) atoms. The molecular formula is C18H23ClN2. The molecule has 3 rings (SSSR count). The lowest BCUT2D eigenvalue weighted by Crippen LogP contribution is -2.39. The summed E-state index contributed by atoms with van der Waals surface area (Å²) < 4.78 is 0. The lowest BCUT2D eigenvalue weighted by Gasteiger charge is -2.37. The zero-order valence-corrected chi connectivity index (χ0v) is 13.6. The Kier molecular flexibility index (Phi) is 4.34. The summed E-state index contributed by atoms with van der Waals surface area (Å²) in [7, 11) is 2.18. The van der Waals surface area contributed by atoms with E-state index in [1.807, 2.05) is 12.1 Å². The second kappa shape index (κ2) is 6.23. The van der Waals surface area contributed by atoms with Crippen LogP contribution in [0.3, 0.4) is 0 Å². The highest BCUT2D eigenvalue weighted by atomic mass is 35.5. The number of hydrogen-bond acceptors (Lipinski definition) is 2. The molecule has 2 nitrogen and oxygen atoms in total. The van der Waals surface area contributed by atoms with E-state index < -0.39 is 0 Å². The number of anilines is 1. The monoisotopic (exact) mass is 302 g/mol. The fraction of sp³-hybridized carbons (Fsp3) is 0.500. The predicted octanol–water partition coefficient (Wildman–Crippen LogP) is 4.99. The van der Waals surface area contributed by atoms with E-state index in [1.54, 1.807) is 0 Å². The van der Waals surface area contributed by atoms with Crippen molar-refractivity contribution in [3.05, 3.63) is 35.9 Å². The quantitative estimate of drug-likeness (QED) is 0.743. The van der Waals surface area contributed by atoms with Crippen LogP contribution in [0.4, 0.5) is 5.82 Å². The molecule has 1 aromatic carbocycles. The first-order valence-electron chi connectivity index (χ1n) is 7.88. The zero-order chi connectivity index (χ0) is 14.8. The number of aromatic nitrogens is 1. The van der Waals surface area contributed by atoms with Crippen molar-refractivity contribution in [2.75, 3.05) is 11.9 Å². The van der Waals surface area contributed by atoms with Gasteiger partial charge in [-0.05, 0) is 36.5 Å². The number of pyridine rings is 1. The van der Waals surface area contributed by atoms with Crippen LogP contribution in [0.2, 0.25) is 0 Å². The summed E-state index contributed by atoms with van der Waals surface area (Å²) in [6.07, 6.45) is 5.28. The lowest BCUT2D eigenvalue weighted by molar-refractivity contribution is 0.320. The number of hydrogen-bond donors (Lipinski definition) is 0. The second-order valence-corrected chi connectivity index (χ2v) is 6.50. The van der Waals surface area contributed by atoms with E-state index in [4.69, 9.17) is 16.6 Å². The van der Waals surface area contributed by atoms with Crippen LogP contribution in [0.25, 0.3) is 10.9 Å². The molecule has 2 aromatic rings. The largest absolute Gasteiger partial charge is 0.356 e. The Balaban J connectivity index is 1.99. The Bertz CT molecular complexity index is 626. The van der Waals surface area contributed by atoms with Gasteiger partial charge in [-0.15, -0.1) is 11.6 Å². The van der Waals surface area contributed by atoms with Crippen LogP contribution in [0.1, 0.15) is 38.2 Å². The number of para-hydroxylation sites is 1. The zero-order valence-electron chi connectivity index (χ0n) is 12.8. The topological polar surface area (TPSA) is 16.1 Å². The van der Waals surface area contributed by atoms with Gasteiger partial charge < -0.3 is 4.90 Å². The van der Waals surface area contributed by atoms with E-state index in [1.165, 1.54) is 36.6 Å². The lowest BCUT2D eigenvalue weighted by atomic mass is 9.85. The summed E-state index contributed by atoms with van der Waals surface area (Å²) in [6.45, 7) is 2.36. The average Bonchev–Trinajstić information content (AvgIpc) is 2.53. The fourth-order valence-corrected chi connectivity index (χ4v) is 3.79. The van der Waals surface area contributed by atoms with Crippen LogP contribution in [0.15, 0.2) is 30.3 Å². The Morgan fingerprint density at radius 1 is 1.24 bits per heavy atom. The fourth-order valence-electron chi connectivity index (χ4n) is 3.57. The van der Waals surface area contributed by atoms with Crippen molar-refractivity contribution in [3.63, 3.8) is 0 Å². The maximum atomic E-state index is 6.15. The third-order valence-corrected chi connectivity index (χ3v) is 5.15. The number of benzene rings is 1. The van der Waals surface area contributed by atoms with Gasteiger partial charge in [0.1, 0.15) is 5.82 Å². The first-order valence-corrected chi connectivity index (χ1v) is 8.41. The molecule has 1 aliphatic carbocycles. The molecule has 0 N–H and O–H groups in total. The maximum Gasteiger partial charge on any atom is 0.129 e. The van der Waals surface area contributed by atoms with Gasteiger partial charge in [-0.25, -0.2) is 4.98 Å². The molecule has 1 aromatic heterocycles. The normalized spacial score (nSPS) is 22.4. The molecule has 1 fully saturated rings. The van der Waals surface area contributed by atoms with E-state index in [2.05, 4.69) is 37.1 Å². The van der Waals surface area contributed by atoms with Gasteiger partial charge in [-0.1, -0.05) is 38.0 Å². The van der Waals surface area contributed by atoms with Gasteiger partial charge >= 0.3 is 0 Å². The molecule has 0 amide bonds. The van der Waals surface area contributed by atoms with Gasteiger partial charge in [-0.2, -0.15) is 0 Å². The molecule has 0 bridgehead atoms. The minimum Gasteiger partial charge on any atom is -0.356 e. The van der Waals surface area contributed by atoms with E-state index >= 15 is 0 Å². The number of rotatable bonds is 3. The highest BCUT2D eigenvalue weighted by Crippen LogP contribution is 2.31. The number of alkyl halides is 1. The first-order chi connectivity index (χ1) is 10.2. The van der Waals surface area contributed by atoms with Crippen molar-refractivity contribution in [3.8, 4) is 0 Å². The number of nitrogens with zero attached hydrogens (tertiary/aromatic N) is 2. The Hall–Kier alpha value is -1.28. The van der Waals surface area contributed by atoms with Gasteiger partial charge in [0.25, 0.3) is 0 Å². The summed E-state index contributed by atoms with van der Waals surface area (Å²) >= 11 is 6.15. The van der Waals surface area contributed by atoms with Crippen LogP contribution in [-0.4, -0.2) is 18.1 Å². The second-order valence-electron chi connectivity index (χ2n) is 6.23. The van der Waals surface area contributed by atoms with E-state index in [0.29, 0.717) is 11.9 Å². The summed E-state index contributed by atoms with van der Waals surface area (Å²) in [4.78, 5) is 7.23. The van der Waals surface area contributed by atoms with Gasteiger partial charge in [0.2, 0.25) is 0 Å². The number of fused-ring (bicyclic) bond motifs is 1. The molecule has 0 radical (unpaired) electrons. The van der Waals surface area contributed by atoms with Crippen LogP contribution in [0, 0.1) is 5.92 Å². The van der Waals surface area contributed by atoms with Crippen LogP contribution < -0.4 is 4.90 Å². The van der Waals surface area contributed by atoms with Crippen molar-refractivity contribution in [1.29, 1.82) is 0 Å². The Morgan fingerprint density at radius 2 is 2.00 bits per heavy atom. The van der Waals surface area contributed by atoms with Crippen molar-refractivity contribution in [2.24, 2.45) is 5.92 Å². The van der Waals surface area contributed by atoms with Crippen molar-refractivity contribution >= 4 is 28.3 Å². The molecule has 2 atom stereocenters. The molecule has 1 heterocycles. The maximum absolute atomic E-state index is 6.15.